The molecule has 0 fully saturated rings. The maximum Gasteiger partial charge on any atom is 0.306 e. The van der Waals surface area contributed by atoms with Crippen LogP contribution in [0.2, 0.25) is 0 Å². The highest BCUT2D eigenvalue weighted by Crippen LogP contribution is 2.17. The summed E-state index contributed by atoms with van der Waals surface area (Å²) in [6, 6.07) is 0. The van der Waals surface area contributed by atoms with E-state index in [1.165, 1.54) is 180 Å². The molecule has 0 spiro atoms. The van der Waals surface area contributed by atoms with E-state index < -0.39 is 6.10 Å². The van der Waals surface area contributed by atoms with Gasteiger partial charge < -0.3 is 14.2 Å². The van der Waals surface area contributed by atoms with Crippen LogP contribution < -0.4 is 0 Å². The Balaban J connectivity index is 4.27. The number of unbranched alkanes of at least 4 members (excludes halogenated alkanes) is 36. The average molecular weight is 1090 g/mol. The van der Waals surface area contributed by atoms with E-state index in [1.807, 2.05) is 0 Å². The fourth-order valence-electron chi connectivity index (χ4n) is 9.61. The van der Waals surface area contributed by atoms with Crippen molar-refractivity contribution in [3.05, 3.63) is 85.1 Å². The van der Waals surface area contributed by atoms with Gasteiger partial charge in [-0.15, -0.1) is 0 Å². The minimum Gasteiger partial charge on any atom is -0.462 e. The Labute approximate surface area is 484 Å². The molecule has 0 saturated heterocycles. The fourth-order valence-corrected chi connectivity index (χ4v) is 9.61. The SMILES string of the molecule is CC/C=C\C/C=C\C/C=C\C/C=C\C/C=C\C/C=C\CCCCCCCCC(=O)OCC(COC(=O)CCCCCCC/C=C\CCCC)OC(=O)CCCCCCCCCCCCCCCCCCCCCCCCCC. The summed E-state index contributed by atoms with van der Waals surface area (Å²) in [5.74, 6) is -0.892. The lowest BCUT2D eigenvalue weighted by molar-refractivity contribution is -0.167. The quantitative estimate of drug-likeness (QED) is 0.0261. The van der Waals surface area contributed by atoms with Crippen LogP contribution in [0.15, 0.2) is 85.1 Å². The molecule has 0 radical (unpaired) electrons. The monoisotopic (exact) mass is 1090 g/mol. The van der Waals surface area contributed by atoms with Gasteiger partial charge >= 0.3 is 17.9 Å². The van der Waals surface area contributed by atoms with Crippen molar-refractivity contribution in [2.75, 3.05) is 13.2 Å². The molecule has 0 aliphatic carbocycles. The molecule has 0 aliphatic heterocycles. The Bertz CT molecular complexity index is 1480. The molecule has 6 nitrogen and oxygen atoms in total. The van der Waals surface area contributed by atoms with Crippen molar-refractivity contribution in [3.8, 4) is 0 Å². The predicted molar refractivity (Wildman–Crippen MR) is 339 cm³/mol. The van der Waals surface area contributed by atoms with Gasteiger partial charge in [-0.25, -0.2) is 0 Å². The Morgan fingerprint density at radius 3 is 0.833 bits per heavy atom. The molecule has 0 aromatic rings. The third-order valence-electron chi connectivity index (χ3n) is 14.6. The van der Waals surface area contributed by atoms with Crippen molar-refractivity contribution in [2.45, 2.75) is 341 Å². The molecule has 0 amide bonds. The molecule has 0 heterocycles. The molecule has 450 valence electrons. The van der Waals surface area contributed by atoms with Gasteiger partial charge in [0.2, 0.25) is 0 Å². The number of hydrogen-bond acceptors (Lipinski definition) is 6. The Hall–Kier alpha value is -3.41. The highest BCUT2D eigenvalue weighted by atomic mass is 16.6. The first-order chi connectivity index (χ1) is 38.5. The molecular weight excluding hydrogens is 961 g/mol. The van der Waals surface area contributed by atoms with E-state index in [9.17, 15) is 14.4 Å². The Morgan fingerprint density at radius 1 is 0.269 bits per heavy atom. The van der Waals surface area contributed by atoms with Gasteiger partial charge in [0.25, 0.3) is 0 Å². The van der Waals surface area contributed by atoms with Gasteiger partial charge in [0.15, 0.2) is 6.10 Å². The summed E-state index contributed by atoms with van der Waals surface area (Å²) in [6.45, 7) is 6.51. The molecule has 1 atom stereocenters. The smallest absolute Gasteiger partial charge is 0.306 e. The third kappa shape index (κ3) is 63.4. The molecule has 6 heteroatoms. The highest BCUT2D eigenvalue weighted by Gasteiger charge is 2.19. The first-order valence-corrected chi connectivity index (χ1v) is 33.6. The molecule has 0 bridgehead atoms. The average Bonchev–Trinajstić information content (AvgIpc) is 3.44. The zero-order valence-corrected chi connectivity index (χ0v) is 51.7. The van der Waals surface area contributed by atoms with E-state index in [0.717, 1.165) is 116 Å². The van der Waals surface area contributed by atoms with Crippen molar-refractivity contribution >= 4 is 17.9 Å². The van der Waals surface area contributed by atoms with E-state index in [-0.39, 0.29) is 31.1 Å². The van der Waals surface area contributed by atoms with Gasteiger partial charge in [-0.05, 0) is 89.9 Å². The van der Waals surface area contributed by atoms with Crippen LogP contribution in [0, 0.1) is 0 Å². The van der Waals surface area contributed by atoms with Gasteiger partial charge in [0.05, 0.1) is 0 Å². The lowest BCUT2D eigenvalue weighted by Crippen LogP contribution is -2.30. The number of hydrogen-bond donors (Lipinski definition) is 0. The van der Waals surface area contributed by atoms with E-state index in [2.05, 4.69) is 106 Å². The van der Waals surface area contributed by atoms with Gasteiger partial charge in [0.1, 0.15) is 13.2 Å². The molecule has 0 aromatic carbocycles. The second kappa shape index (κ2) is 66.1. The summed E-state index contributed by atoms with van der Waals surface area (Å²) in [5, 5.41) is 0. The molecule has 1 unspecified atom stereocenters. The van der Waals surface area contributed by atoms with Crippen LogP contribution in [-0.2, 0) is 28.6 Å². The fraction of sp³-hybridized carbons (Fsp3) is 0.764. The van der Waals surface area contributed by atoms with E-state index in [1.54, 1.807) is 0 Å². The van der Waals surface area contributed by atoms with Crippen LogP contribution in [0.1, 0.15) is 335 Å². The summed E-state index contributed by atoms with van der Waals surface area (Å²) in [7, 11) is 0. The first-order valence-electron chi connectivity index (χ1n) is 33.6. The maximum absolute atomic E-state index is 12.9. The first kappa shape index (κ1) is 74.6. The number of esters is 3. The van der Waals surface area contributed by atoms with Crippen molar-refractivity contribution in [1.29, 1.82) is 0 Å². The van der Waals surface area contributed by atoms with Crippen molar-refractivity contribution in [2.24, 2.45) is 0 Å². The van der Waals surface area contributed by atoms with Gasteiger partial charge in [-0.1, -0.05) is 311 Å². The Kier molecular flexibility index (Phi) is 63.2. The lowest BCUT2D eigenvalue weighted by Gasteiger charge is -2.18. The predicted octanol–water partition coefficient (Wildman–Crippen LogP) is 23.1. The van der Waals surface area contributed by atoms with E-state index in [0.29, 0.717) is 19.3 Å². The van der Waals surface area contributed by atoms with Crippen LogP contribution in [0.5, 0.6) is 0 Å². The molecular formula is C72H126O6. The molecule has 0 N–H and O–H groups in total. The second-order valence-corrected chi connectivity index (χ2v) is 22.4. The lowest BCUT2D eigenvalue weighted by atomic mass is 10.0. The second-order valence-electron chi connectivity index (χ2n) is 22.4. The number of ether oxygens (including phenoxy) is 3. The molecule has 78 heavy (non-hydrogen) atoms. The van der Waals surface area contributed by atoms with Crippen molar-refractivity contribution in [3.63, 3.8) is 0 Å². The van der Waals surface area contributed by atoms with E-state index in [4.69, 9.17) is 14.2 Å². The minimum absolute atomic E-state index is 0.0831. The maximum atomic E-state index is 12.9. The van der Waals surface area contributed by atoms with Crippen LogP contribution in [-0.4, -0.2) is 37.2 Å². The summed E-state index contributed by atoms with van der Waals surface area (Å²) in [5.41, 5.74) is 0. The largest absolute Gasteiger partial charge is 0.462 e. The van der Waals surface area contributed by atoms with Crippen LogP contribution in [0.25, 0.3) is 0 Å². The Morgan fingerprint density at radius 2 is 0.513 bits per heavy atom. The van der Waals surface area contributed by atoms with Crippen molar-refractivity contribution in [1.82, 2.24) is 0 Å². The van der Waals surface area contributed by atoms with Crippen molar-refractivity contribution < 1.29 is 28.6 Å². The summed E-state index contributed by atoms with van der Waals surface area (Å²) in [6.07, 6.45) is 87.5. The molecule has 0 aliphatic rings. The van der Waals surface area contributed by atoms with Gasteiger partial charge in [-0.2, -0.15) is 0 Å². The standard InChI is InChI=1S/C72H126O6/c1-4-7-10-13-16-19-22-24-26-28-30-32-34-36-38-39-41-43-45-47-50-53-56-59-62-65-71(74)77-68-69(67-76-70(73)64-61-58-55-52-49-21-18-15-12-9-6-3)78-72(75)66-63-60-57-54-51-48-46-44-42-40-37-35-33-31-29-27-25-23-20-17-14-11-8-5-2/h7,10,15-16,18-19,24,26,30,32,36,38,41,43,69H,4-6,8-9,11-14,17,20-23,25,27-29,31,33-35,37,39-40,42,44-68H2,1-3H3/b10-7-,18-15-,19-16-,26-24-,32-30-,38-36-,43-41-. The number of carbonyl (C=O) groups excluding carboxylic acids is 3. The molecule has 0 saturated carbocycles. The zero-order chi connectivity index (χ0) is 56.4. The highest BCUT2D eigenvalue weighted by molar-refractivity contribution is 5.71. The summed E-state index contributed by atoms with van der Waals surface area (Å²) in [4.78, 5) is 38.3. The van der Waals surface area contributed by atoms with Crippen LogP contribution in [0.4, 0.5) is 0 Å². The van der Waals surface area contributed by atoms with E-state index >= 15 is 0 Å². The van der Waals surface area contributed by atoms with Gasteiger partial charge in [0, 0.05) is 19.3 Å². The topological polar surface area (TPSA) is 78.9 Å². The number of rotatable bonds is 61. The summed E-state index contributed by atoms with van der Waals surface area (Å²) >= 11 is 0. The summed E-state index contributed by atoms with van der Waals surface area (Å²) < 4.78 is 16.9. The minimum atomic E-state index is -0.786. The van der Waals surface area contributed by atoms with Crippen LogP contribution >= 0.6 is 0 Å². The number of carbonyl (C=O) groups is 3. The normalized spacial score (nSPS) is 12.6. The third-order valence-corrected chi connectivity index (χ3v) is 14.6. The van der Waals surface area contributed by atoms with Gasteiger partial charge in [-0.3, -0.25) is 14.4 Å². The molecule has 0 aromatic heterocycles. The zero-order valence-electron chi connectivity index (χ0n) is 51.7. The molecule has 0 rings (SSSR count). The van der Waals surface area contributed by atoms with Crippen LogP contribution in [0.3, 0.4) is 0 Å². The number of allylic oxidation sites excluding steroid dienone is 14.